The van der Waals surface area contributed by atoms with Gasteiger partial charge in [-0.05, 0) is 37.1 Å². The van der Waals surface area contributed by atoms with Crippen LogP contribution in [0, 0.1) is 0 Å². The molecule has 27 heavy (non-hydrogen) atoms. The number of rotatable bonds is 4. The van der Waals surface area contributed by atoms with Gasteiger partial charge in [0.15, 0.2) is 0 Å². The summed E-state index contributed by atoms with van der Waals surface area (Å²) in [5.41, 5.74) is -0.428. The molecule has 2 aliphatic rings. The Hall–Kier alpha value is -1.84. The van der Waals surface area contributed by atoms with Gasteiger partial charge in [-0.2, -0.15) is 13.2 Å². The number of benzene rings is 1. The maximum Gasteiger partial charge on any atom is 0.416 e. The molecule has 0 aromatic heterocycles. The predicted molar refractivity (Wildman–Crippen MR) is 93.5 cm³/mol. The average molecular weight is 387 g/mol. The number of aliphatic hydroxyl groups is 1. The summed E-state index contributed by atoms with van der Waals surface area (Å²) in [5, 5.41) is 12.8. The molecule has 2 saturated heterocycles. The molecule has 2 aliphatic heterocycles. The van der Waals surface area contributed by atoms with Crippen LogP contribution in [0.15, 0.2) is 24.3 Å². The molecule has 150 valence electrons. The molecule has 2 atom stereocenters. The Morgan fingerprint density at radius 2 is 1.89 bits per heavy atom. The summed E-state index contributed by atoms with van der Waals surface area (Å²) in [4.78, 5) is 16.0. The number of alkyl halides is 3. The highest BCUT2D eigenvalue weighted by Crippen LogP contribution is 2.29. The zero-order valence-electron chi connectivity index (χ0n) is 14.9. The number of urea groups is 1. The number of carbonyl (C=O) groups excluding carboxylic acids is 1. The monoisotopic (exact) mass is 387 g/mol. The van der Waals surface area contributed by atoms with Crippen molar-refractivity contribution in [2.24, 2.45) is 0 Å². The van der Waals surface area contributed by atoms with E-state index in [2.05, 4.69) is 10.2 Å². The van der Waals surface area contributed by atoms with Crippen molar-refractivity contribution in [2.45, 2.75) is 31.2 Å². The second kappa shape index (κ2) is 8.45. The van der Waals surface area contributed by atoms with E-state index in [1.807, 2.05) is 0 Å². The predicted octanol–water partition coefficient (Wildman–Crippen LogP) is 2.39. The van der Waals surface area contributed by atoms with Gasteiger partial charge in [-0.3, -0.25) is 4.90 Å². The number of hydrogen-bond donors (Lipinski definition) is 2. The summed E-state index contributed by atoms with van der Waals surface area (Å²) < 4.78 is 43.2. The molecule has 2 heterocycles. The first-order chi connectivity index (χ1) is 12.8. The minimum atomic E-state index is -4.40. The molecular weight excluding hydrogens is 363 g/mol. The lowest BCUT2D eigenvalue weighted by Gasteiger charge is -2.36. The van der Waals surface area contributed by atoms with Crippen molar-refractivity contribution >= 4 is 11.7 Å². The van der Waals surface area contributed by atoms with Gasteiger partial charge < -0.3 is 20.1 Å². The third kappa shape index (κ3) is 5.33. The van der Waals surface area contributed by atoms with Gasteiger partial charge in [0.05, 0.1) is 17.8 Å². The molecule has 1 aromatic rings. The molecule has 0 saturated carbocycles. The van der Waals surface area contributed by atoms with Crippen LogP contribution in [0.3, 0.4) is 0 Å². The smallest absolute Gasteiger partial charge is 0.389 e. The fraction of sp³-hybridized carbons (Fsp3) is 0.611. The number of hydrogen-bond acceptors (Lipinski definition) is 4. The fourth-order valence-electron chi connectivity index (χ4n) is 3.37. The fourth-order valence-corrected chi connectivity index (χ4v) is 3.37. The minimum Gasteiger partial charge on any atom is -0.389 e. The minimum absolute atomic E-state index is 0.106. The van der Waals surface area contributed by atoms with Crippen molar-refractivity contribution < 1.29 is 27.8 Å². The van der Waals surface area contributed by atoms with Crippen LogP contribution in [0.25, 0.3) is 0 Å². The van der Waals surface area contributed by atoms with Gasteiger partial charge in [-0.25, -0.2) is 4.79 Å². The molecule has 0 bridgehead atoms. The highest BCUT2D eigenvalue weighted by molar-refractivity contribution is 5.89. The third-order valence-electron chi connectivity index (χ3n) is 4.96. The van der Waals surface area contributed by atoms with Crippen molar-refractivity contribution in [3.05, 3.63) is 29.8 Å². The maximum absolute atomic E-state index is 12.6. The number of ether oxygens (including phenoxy) is 1. The Balaban J connectivity index is 1.44. The van der Waals surface area contributed by atoms with Crippen LogP contribution in [0.2, 0.25) is 0 Å². The van der Waals surface area contributed by atoms with Gasteiger partial charge in [-0.15, -0.1) is 0 Å². The van der Waals surface area contributed by atoms with Gasteiger partial charge >= 0.3 is 12.2 Å². The number of β-amino-alcohol motifs (C(OH)–C–C–N with tert-alkyl or cyclic N) is 1. The van der Waals surface area contributed by atoms with Gasteiger partial charge in [0.25, 0.3) is 0 Å². The number of amides is 2. The van der Waals surface area contributed by atoms with Crippen molar-refractivity contribution in [2.75, 3.05) is 44.6 Å². The second-order valence-electron chi connectivity index (χ2n) is 6.91. The average Bonchev–Trinajstić information content (AvgIpc) is 3.17. The molecule has 2 fully saturated rings. The molecule has 6 nitrogen and oxygen atoms in total. The number of carbonyl (C=O) groups is 1. The van der Waals surface area contributed by atoms with E-state index < -0.39 is 17.8 Å². The van der Waals surface area contributed by atoms with Crippen molar-refractivity contribution in [3.8, 4) is 0 Å². The number of nitrogens with zero attached hydrogens (tertiary/aromatic N) is 2. The maximum atomic E-state index is 12.6. The van der Waals surface area contributed by atoms with Crippen LogP contribution in [0.1, 0.15) is 18.4 Å². The largest absolute Gasteiger partial charge is 0.416 e. The summed E-state index contributed by atoms with van der Waals surface area (Å²) in [6.45, 7) is 3.45. The third-order valence-corrected chi connectivity index (χ3v) is 4.96. The highest BCUT2D eigenvalue weighted by atomic mass is 19.4. The molecule has 3 rings (SSSR count). The van der Waals surface area contributed by atoms with Gasteiger partial charge in [-0.1, -0.05) is 0 Å². The number of piperazine rings is 1. The molecule has 2 N–H and O–H groups in total. The van der Waals surface area contributed by atoms with Crippen LogP contribution >= 0.6 is 0 Å². The summed E-state index contributed by atoms with van der Waals surface area (Å²) in [5.74, 6) is 0. The first-order valence-electron chi connectivity index (χ1n) is 9.08. The number of nitrogens with one attached hydrogen (secondary N) is 1. The van der Waals surface area contributed by atoms with E-state index in [1.165, 1.54) is 12.1 Å². The van der Waals surface area contributed by atoms with E-state index in [-0.39, 0.29) is 12.1 Å². The van der Waals surface area contributed by atoms with Gasteiger partial charge in [0.2, 0.25) is 0 Å². The zero-order chi connectivity index (χ0) is 19.4. The SMILES string of the molecule is O=C(Nc1ccc(C(F)(F)F)cc1)N1CCN(CC(O)C2CCCO2)CC1. The summed E-state index contributed by atoms with van der Waals surface area (Å²) in [6.07, 6.45) is -3.19. The normalized spacial score (nSPS) is 22.7. The number of aliphatic hydroxyl groups excluding tert-OH is 1. The van der Waals surface area contributed by atoms with Crippen molar-refractivity contribution in [1.82, 2.24) is 9.80 Å². The first-order valence-corrected chi connectivity index (χ1v) is 9.08. The lowest BCUT2D eigenvalue weighted by atomic mass is 10.1. The van der Waals surface area contributed by atoms with E-state index in [4.69, 9.17) is 4.74 Å². The van der Waals surface area contributed by atoms with E-state index in [0.29, 0.717) is 45.0 Å². The Bertz CT molecular complexity index is 625. The summed E-state index contributed by atoms with van der Waals surface area (Å²) in [7, 11) is 0. The quantitative estimate of drug-likeness (QED) is 0.833. The molecule has 2 unspecified atom stereocenters. The molecule has 1 aromatic carbocycles. The molecular formula is C18H24F3N3O3. The molecule has 0 aliphatic carbocycles. The van der Waals surface area contributed by atoms with Crippen molar-refractivity contribution in [1.29, 1.82) is 0 Å². The Labute approximate surface area is 155 Å². The van der Waals surface area contributed by atoms with Gasteiger partial charge in [0.1, 0.15) is 0 Å². The Morgan fingerprint density at radius 1 is 1.22 bits per heavy atom. The van der Waals surface area contributed by atoms with Crippen LogP contribution in [0.4, 0.5) is 23.7 Å². The van der Waals surface area contributed by atoms with Gasteiger partial charge in [0, 0.05) is 45.0 Å². The molecule has 0 radical (unpaired) electrons. The summed E-state index contributed by atoms with van der Waals surface area (Å²) in [6, 6.07) is 4.04. The van der Waals surface area contributed by atoms with E-state index in [9.17, 15) is 23.1 Å². The lowest BCUT2D eigenvalue weighted by Crippen LogP contribution is -2.52. The number of anilines is 1. The van der Waals surface area contributed by atoms with E-state index in [0.717, 1.165) is 25.0 Å². The van der Waals surface area contributed by atoms with Crippen molar-refractivity contribution in [3.63, 3.8) is 0 Å². The van der Waals surface area contributed by atoms with E-state index >= 15 is 0 Å². The molecule has 0 spiro atoms. The molecule has 9 heteroatoms. The zero-order valence-corrected chi connectivity index (χ0v) is 14.9. The lowest BCUT2D eigenvalue weighted by molar-refractivity contribution is -0.137. The highest BCUT2D eigenvalue weighted by Gasteiger charge is 2.30. The first kappa shape index (κ1) is 19.9. The topological polar surface area (TPSA) is 65.0 Å². The van der Waals surface area contributed by atoms with Crippen LogP contribution in [-0.4, -0.2) is 72.5 Å². The number of halogens is 3. The standard InChI is InChI=1S/C18H24F3N3O3/c19-18(20,21)13-3-5-14(6-4-13)22-17(26)24-9-7-23(8-10-24)12-15(25)16-2-1-11-27-16/h3-6,15-16,25H,1-2,7-12H2,(H,22,26). The summed E-state index contributed by atoms with van der Waals surface area (Å²) >= 11 is 0. The van der Waals surface area contributed by atoms with E-state index in [1.54, 1.807) is 4.90 Å². The Morgan fingerprint density at radius 3 is 2.44 bits per heavy atom. The Kier molecular flexibility index (Phi) is 6.23. The van der Waals surface area contributed by atoms with Crippen LogP contribution in [-0.2, 0) is 10.9 Å². The van der Waals surface area contributed by atoms with Crippen LogP contribution < -0.4 is 5.32 Å². The second-order valence-corrected chi connectivity index (χ2v) is 6.91. The molecule has 2 amide bonds. The van der Waals surface area contributed by atoms with Crippen LogP contribution in [0.5, 0.6) is 0 Å².